The third-order valence-electron chi connectivity index (χ3n) is 4.28. The molecule has 1 amide bonds. The number of benzene rings is 1. The summed E-state index contributed by atoms with van der Waals surface area (Å²) in [4.78, 5) is 16.9. The van der Waals surface area contributed by atoms with Gasteiger partial charge in [-0.3, -0.25) is 4.79 Å². The Kier molecular flexibility index (Phi) is 4.48. The molecule has 1 atom stereocenters. The molecule has 4 heteroatoms. The quantitative estimate of drug-likeness (QED) is 0.867. The van der Waals surface area contributed by atoms with Crippen LogP contribution >= 0.6 is 11.3 Å². The number of hydrogen-bond acceptors (Lipinski definition) is 3. The number of nitrogens with zero attached hydrogens (tertiary/aromatic N) is 2. The van der Waals surface area contributed by atoms with Crippen molar-refractivity contribution in [3.63, 3.8) is 0 Å². The molecule has 0 spiro atoms. The van der Waals surface area contributed by atoms with Gasteiger partial charge in [0.05, 0.1) is 6.42 Å². The van der Waals surface area contributed by atoms with E-state index in [9.17, 15) is 4.79 Å². The van der Waals surface area contributed by atoms with E-state index in [0.29, 0.717) is 6.42 Å². The van der Waals surface area contributed by atoms with Gasteiger partial charge >= 0.3 is 0 Å². The van der Waals surface area contributed by atoms with Crippen molar-refractivity contribution in [2.24, 2.45) is 0 Å². The summed E-state index contributed by atoms with van der Waals surface area (Å²) in [5.74, 6) is 0.245. The summed E-state index contributed by atoms with van der Waals surface area (Å²) in [6, 6.07) is 10.9. The fraction of sp³-hybridized carbons (Fsp3) is 0.389. The maximum Gasteiger partial charge on any atom is 0.227 e. The molecule has 0 aliphatic carbocycles. The van der Waals surface area contributed by atoms with E-state index in [-0.39, 0.29) is 11.9 Å². The van der Waals surface area contributed by atoms with E-state index in [1.54, 1.807) is 11.3 Å². The van der Waals surface area contributed by atoms with Gasteiger partial charge < -0.3 is 9.80 Å². The fourth-order valence-electron chi connectivity index (χ4n) is 2.99. The summed E-state index contributed by atoms with van der Waals surface area (Å²) in [5, 5.41) is 4.09. The first-order valence-electron chi connectivity index (χ1n) is 7.75. The van der Waals surface area contributed by atoms with Crippen LogP contribution in [0.2, 0.25) is 0 Å². The van der Waals surface area contributed by atoms with Crippen molar-refractivity contribution in [2.45, 2.75) is 26.3 Å². The second-order valence-corrected chi connectivity index (χ2v) is 6.81. The lowest BCUT2D eigenvalue weighted by Crippen LogP contribution is -2.54. The minimum Gasteiger partial charge on any atom is -0.368 e. The van der Waals surface area contributed by atoms with Crippen LogP contribution in [0.15, 0.2) is 41.1 Å². The fourth-order valence-corrected chi connectivity index (χ4v) is 3.66. The van der Waals surface area contributed by atoms with E-state index in [1.807, 2.05) is 16.3 Å². The Hall–Kier alpha value is -1.81. The van der Waals surface area contributed by atoms with Crippen LogP contribution in [0.3, 0.4) is 0 Å². The number of piperazine rings is 1. The molecule has 1 saturated heterocycles. The SMILES string of the molecule is Cc1ccc(N2CCN(C(=O)Cc3ccsc3)C(C)C2)cc1. The van der Waals surface area contributed by atoms with Crippen LogP contribution in [0.5, 0.6) is 0 Å². The van der Waals surface area contributed by atoms with Crippen molar-refractivity contribution in [1.82, 2.24) is 4.90 Å². The average Bonchev–Trinajstić information content (AvgIpc) is 3.00. The van der Waals surface area contributed by atoms with Gasteiger partial charge in [-0.25, -0.2) is 0 Å². The molecule has 0 bridgehead atoms. The Bertz CT molecular complexity index is 621. The number of anilines is 1. The third kappa shape index (κ3) is 3.33. The second kappa shape index (κ2) is 6.53. The molecule has 3 nitrogen and oxygen atoms in total. The molecule has 1 unspecified atom stereocenters. The molecule has 3 rings (SSSR count). The molecule has 22 heavy (non-hydrogen) atoms. The molecule has 1 aliphatic rings. The van der Waals surface area contributed by atoms with Crippen molar-refractivity contribution in [1.29, 1.82) is 0 Å². The smallest absolute Gasteiger partial charge is 0.227 e. The van der Waals surface area contributed by atoms with Gasteiger partial charge in [-0.15, -0.1) is 0 Å². The maximum atomic E-state index is 12.5. The van der Waals surface area contributed by atoms with Crippen LogP contribution in [-0.2, 0) is 11.2 Å². The predicted octanol–water partition coefficient (Wildman–Crippen LogP) is 3.34. The number of rotatable bonds is 3. The normalized spacial score (nSPS) is 18.5. The van der Waals surface area contributed by atoms with Crippen molar-refractivity contribution in [2.75, 3.05) is 24.5 Å². The molecule has 1 aromatic carbocycles. The van der Waals surface area contributed by atoms with Gasteiger partial charge in [0, 0.05) is 31.4 Å². The van der Waals surface area contributed by atoms with E-state index in [0.717, 1.165) is 25.2 Å². The van der Waals surface area contributed by atoms with Gasteiger partial charge in [-0.2, -0.15) is 11.3 Å². The highest BCUT2D eigenvalue weighted by Gasteiger charge is 2.27. The molecule has 116 valence electrons. The summed E-state index contributed by atoms with van der Waals surface area (Å²) in [5.41, 5.74) is 3.66. The Labute approximate surface area is 136 Å². The monoisotopic (exact) mass is 314 g/mol. The molecule has 0 N–H and O–H groups in total. The summed E-state index contributed by atoms with van der Waals surface area (Å²) < 4.78 is 0. The summed E-state index contributed by atoms with van der Waals surface area (Å²) in [6.07, 6.45) is 0.526. The molecule has 2 aromatic rings. The molecular formula is C18H22N2OS. The van der Waals surface area contributed by atoms with Crippen molar-refractivity contribution < 1.29 is 4.79 Å². The van der Waals surface area contributed by atoms with Crippen LogP contribution < -0.4 is 4.90 Å². The van der Waals surface area contributed by atoms with Crippen LogP contribution in [0.25, 0.3) is 0 Å². The molecule has 0 radical (unpaired) electrons. The summed E-state index contributed by atoms with van der Waals surface area (Å²) in [6.45, 7) is 6.86. The Morgan fingerprint density at radius 1 is 1.23 bits per heavy atom. The van der Waals surface area contributed by atoms with E-state index in [1.165, 1.54) is 11.3 Å². The van der Waals surface area contributed by atoms with E-state index in [2.05, 4.69) is 48.4 Å². The number of carbonyl (C=O) groups excluding carboxylic acids is 1. The number of thiophene rings is 1. The Morgan fingerprint density at radius 3 is 2.64 bits per heavy atom. The molecule has 1 aliphatic heterocycles. The number of hydrogen-bond donors (Lipinski definition) is 0. The van der Waals surface area contributed by atoms with Gasteiger partial charge in [0.2, 0.25) is 5.91 Å². The highest BCUT2D eigenvalue weighted by molar-refractivity contribution is 7.08. The molecular weight excluding hydrogens is 292 g/mol. The minimum absolute atomic E-state index is 0.245. The van der Waals surface area contributed by atoms with Crippen molar-refractivity contribution >= 4 is 22.9 Å². The van der Waals surface area contributed by atoms with Crippen molar-refractivity contribution in [3.05, 3.63) is 52.2 Å². The molecule has 0 saturated carbocycles. The molecule has 2 heterocycles. The zero-order chi connectivity index (χ0) is 15.5. The van der Waals surface area contributed by atoms with Gasteiger partial charge in [-0.05, 0) is 48.4 Å². The third-order valence-corrected chi connectivity index (χ3v) is 5.01. The molecule has 1 fully saturated rings. The standard InChI is InChI=1S/C18H22N2OS/c1-14-3-5-17(6-4-14)19-8-9-20(15(2)12-19)18(21)11-16-7-10-22-13-16/h3-7,10,13,15H,8-9,11-12H2,1-2H3. The summed E-state index contributed by atoms with van der Waals surface area (Å²) >= 11 is 1.65. The van der Waals surface area contributed by atoms with Crippen LogP contribution in [0.1, 0.15) is 18.1 Å². The Balaban J connectivity index is 1.62. The minimum atomic E-state index is 0.245. The largest absolute Gasteiger partial charge is 0.368 e. The lowest BCUT2D eigenvalue weighted by atomic mass is 10.1. The van der Waals surface area contributed by atoms with Gasteiger partial charge in [0.15, 0.2) is 0 Å². The van der Waals surface area contributed by atoms with Crippen LogP contribution in [-0.4, -0.2) is 36.5 Å². The predicted molar refractivity (Wildman–Crippen MR) is 92.6 cm³/mol. The first kappa shape index (κ1) is 15.1. The topological polar surface area (TPSA) is 23.6 Å². The lowest BCUT2D eigenvalue weighted by Gasteiger charge is -2.41. The number of amides is 1. The van der Waals surface area contributed by atoms with Gasteiger partial charge in [0.25, 0.3) is 0 Å². The van der Waals surface area contributed by atoms with E-state index >= 15 is 0 Å². The number of carbonyl (C=O) groups is 1. The van der Waals surface area contributed by atoms with Crippen molar-refractivity contribution in [3.8, 4) is 0 Å². The Morgan fingerprint density at radius 2 is 2.00 bits per heavy atom. The lowest BCUT2D eigenvalue weighted by molar-refractivity contribution is -0.132. The van der Waals surface area contributed by atoms with E-state index in [4.69, 9.17) is 0 Å². The van der Waals surface area contributed by atoms with Gasteiger partial charge in [0.1, 0.15) is 0 Å². The van der Waals surface area contributed by atoms with E-state index < -0.39 is 0 Å². The van der Waals surface area contributed by atoms with Gasteiger partial charge in [-0.1, -0.05) is 17.7 Å². The summed E-state index contributed by atoms with van der Waals surface area (Å²) in [7, 11) is 0. The first-order chi connectivity index (χ1) is 10.6. The first-order valence-corrected chi connectivity index (χ1v) is 8.70. The number of aryl methyl sites for hydroxylation is 1. The average molecular weight is 314 g/mol. The highest BCUT2D eigenvalue weighted by Crippen LogP contribution is 2.20. The van der Waals surface area contributed by atoms with Crippen LogP contribution in [0.4, 0.5) is 5.69 Å². The van der Waals surface area contributed by atoms with Crippen LogP contribution in [0, 0.1) is 6.92 Å². The molecule has 1 aromatic heterocycles. The zero-order valence-corrected chi connectivity index (χ0v) is 14.0. The second-order valence-electron chi connectivity index (χ2n) is 6.03. The zero-order valence-electron chi connectivity index (χ0n) is 13.2. The maximum absolute atomic E-state index is 12.5. The highest BCUT2D eigenvalue weighted by atomic mass is 32.1.